The first-order valence-electron chi connectivity index (χ1n) is 9.51. The van der Waals surface area contributed by atoms with Crippen LogP contribution in [0.5, 0.6) is 0 Å². The van der Waals surface area contributed by atoms with Gasteiger partial charge in [0.05, 0.1) is 18.3 Å². The van der Waals surface area contributed by atoms with Crippen molar-refractivity contribution >= 4 is 35.3 Å². The third kappa shape index (κ3) is 5.97. The van der Waals surface area contributed by atoms with Crippen molar-refractivity contribution in [2.45, 2.75) is 50.6 Å². The number of carbonyl (C=O) groups excluding carboxylic acids is 2. The highest BCUT2D eigenvalue weighted by atomic mass is 32.2. The first kappa shape index (κ1) is 22.2. The molecule has 0 aromatic heterocycles. The number of hydrogen-bond donors (Lipinski definition) is 2. The van der Waals surface area contributed by atoms with Gasteiger partial charge in [0.2, 0.25) is 5.91 Å². The number of nitrogens with zero attached hydrogens (tertiary/aromatic N) is 1. The van der Waals surface area contributed by atoms with E-state index in [1.807, 2.05) is 12.1 Å². The number of aliphatic carboxylic acids is 1. The molecule has 0 fully saturated rings. The van der Waals surface area contributed by atoms with Crippen molar-refractivity contribution in [3.05, 3.63) is 24.3 Å². The van der Waals surface area contributed by atoms with Crippen molar-refractivity contribution in [1.82, 2.24) is 5.32 Å². The van der Waals surface area contributed by atoms with E-state index < -0.39 is 24.6 Å². The van der Waals surface area contributed by atoms with Gasteiger partial charge >= 0.3 is 11.9 Å². The summed E-state index contributed by atoms with van der Waals surface area (Å²) < 4.78 is 5.17. The lowest BCUT2D eigenvalue weighted by Gasteiger charge is -2.27. The van der Waals surface area contributed by atoms with Crippen molar-refractivity contribution in [2.24, 2.45) is 5.92 Å². The number of rotatable bonds is 9. The molecule has 0 spiro atoms. The van der Waals surface area contributed by atoms with Crippen molar-refractivity contribution in [3.8, 4) is 0 Å². The molecule has 1 heterocycles. The van der Waals surface area contributed by atoms with Crippen LogP contribution in [0.4, 0.5) is 5.69 Å². The van der Waals surface area contributed by atoms with Gasteiger partial charge in [-0.25, -0.2) is 0 Å². The van der Waals surface area contributed by atoms with E-state index in [1.54, 1.807) is 19.1 Å². The van der Waals surface area contributed by atoms with Crippen LogP contribution in [0.25, 0.3) is 0 Å². The molecule has 1 amide bonds. The van der Waals surface area contributed by atoms with Crippen LogP contribution >= 0.6 is 11.8 Å². The zero-order valence-electron chi connectivity index (χ0n) is 16.5. The third-order valence-electron chi connectivity index (χ3n) is 4.43. The number of hydrogen-bond acceptors (Lipinski definition) is 6. The van der Waals surface area contributed by atoms with Gasteiger partial charge in [-0.2, -0.15) is 0 Å². The van der Waals surface area contributed by atoms with E-state index in [0.717, 1.165) is 11.3 Å². The van der Waals surface area contributed by atoms with Gasteiger partial charge in [-0.3, -0.25) is 24.6 Å². The number of carboxylic acids is 1. The van der Waals surface area contributed by atoms with Gasteiger partial charge < -0.3 is 9.84 Å². The van der Waals surface area contributed by atoms with Gasteiger partial charge in [0.25, 0.3) is 0 Å². The maximum atomic E-state index is 13.1. The molecule has 0 radical (unpaired) electrons. The van der Waals surface area contributed by atoms with Crippen molar-refractivity contribution in [1.29, 1.82) is 0 Å². The van der Waals surface area contributed by atoms with E-state index in [0.29, 0.717) is 23.8 Å². The SMILES string of the molecule is CCOC(=O)C(CCC(C)C)N[C@H]1CSc2ccccc2N(CC(=O)O)C1=O. The normalized spacial score (nSPS) is 17.8. The minimum Gasteiger partial charge on any atom is -0.480 e. The Balaban J connectivity index is 2.24. The minimum atomic E-state index is -1.09. The zero-order valence-corrected chi connectivity index (χ0v) is 17.3. The summed E-state index contributed by atoms with van der Waals surface area (Å²) in [6, 6.07) is 5.95. The van der Waals surface area contributed by atoms with E-state index in [-0.39, 0.29) is 18.5 Å². The number of fused-ring (bicyclic) bond motifs is 1. The van der Waals surface area contributed by atoms with Crippen LogP contribution in [0.3, 0.4) is 0 Å². The molecule has 0 saturated heterocycles. The molecular formula is C20H28N2O5S. The summed E-state index contributed by atoms with van der Waals surface area (Å²) >= 11 is 1.47. The van der Waals surface area contributed by atoms with Crippen LogP contribution in [0.15, 0.2) is 29.2 Å². The lowest BCUT2D eigenvalue weighted by Crippen LogP contribution is -2.54. The summed E-state index contributed by atoms with van der Waals surface area (Å²) in [5.41, 5.74) is 0.582. The van der Waals surface area contributed by atoms with Gasteiger partial charge in [0, 0.05) is 10.6 Å². The number of carbonyl (C=O) groups is 3. The number of ether oxygens (including phenoxy) is 1. The molecule has 154 valence electrons. The molecule has 0 saturated carbocycles. The highest BCUT2D eigenvalue weighted by Gasteiger charge is 2.34. The zero-order chi connectivity index (χ0) is 20.7. The van der Waals surface area contributed by atoms with E-state index in [9.17, 15) is 19.5 Å². The molecule has 7 nitrogen and oxygen atoms in total. The molecule has 2 atom stereocenters. The molecule has 1 unspecified atom stereocenters. The summed E-state index contributed by atoms with van der Waals surface area (Å²) in [5, 5.41) is 12.4. The number of anilines is 1. The summed E-state index contributed by atoms with van der Waals surface area (Å²) in [6.07, 6.45) is 1.36. The monoisotopic (exact) mass is 408 g/mol. The van der Waals surface area contributed by atoms with Crippen LogP contribution < -0.4 is 10.2 Å². The Morgan fingerprint density at radius 1 is 1.32 bits per heavy atom. The summed E-state index contributed by atoms with van der Waals surface area (Å²) in [6.45, 7) is 5.72. The Hall–Kier alpha value is -2.06. The molecule has 2 rings (SSSR count). The van der Waals surface area contributed by atoms with Crippen LogP contribution in [-0.4, -0.2) is 53.9 Å². The fourth-order valence-electron chi connectivity index (χ4n) is 3.03. The minimum absolute atomic E-state index is 0.267. The highest BCUT2D eigenvalue weighted by molar-refractivity contribution is 7.99. The number of thioether (sulfide) groups is 1. The Morgan fingerprint density at radius 2 is 2.04 bits per heavy atom. The van der Waals surface area contributed by atoms with Gasteiger partial charge in [0.15, 0.2) is 0 Å². The maximum Gasteiger partial charge on any atom is 0.323 e. The Morgan fingerprint density at radius 3 is 2.68 bits per heavy atom. The van der Waals surface area contributed by atoms with E-state index in [2.05, 4.69) is 19.2 Å². The second-order valence-electron chi connectivity index (χ2n) is 7.09. The molecule has 28 heavy (non-hydrogen) atoms. The second-order valence-corrected chi connectivity index (χ2v) is 8.15. The number of benzene rings is 1. The Bertz CT molecular complexity index is 710. The number of carboxylic acid groups (broad SMARTS) is 1. The predicted octanol–water partition coefficient (Wildman–Crippen LogP) is 2.54. The van der Waals surface area contributed by atoms with Gasteiger partial charge in [-0.1, -0.05) is 26.0 Å². The summed E-state index contributed by atoms with van der Waals surface area (Å²) in [4.78, 5) is 39.0. The first-order valence-corrected chi connectivity index (χ1v) is 10.5. The quantitative estimate of drug-likeness (QED) is 0.606. The number of esters is 1. The van der Waals surface area contributed by atoms with Crippen LogP contribution in [0.2, 0.25) is 0 Å². The number of para-hydroxylation sites is 1. The molecule has 1 aromatic carbocycles. The molecule has 0 aliphatic carbocycles. The van der Waals surface area contributed by atoms with E-state index >= 15 is 0 Å². The smallest absolute Gasteiger partial charge is 0.323 e. The second kappa shape index (κ2) is 10.5. The maximum absolute atomic E-state index is 13.1. The molecule has 1 aromatic rings. The molecular weight excluding hydrogens is 380 g/mol. The predicted molar refractivity (Wildman–Crippen MR) is 109 cm³/mol. The van der Waals surface area contributed by atoms with Gasteiger partial charge in [-0.05, 0) is 37.8 Å². The Labute approximate surface area is 169 Å². The highest BCUT2D eigenvalue weighted by Crippen LogP contribution is 2.34. The van der Waals surface area contributed by atoms with Gasteiger partial charge in [-0.15, -0.1) is 11.8 Å². The summed E-state index contributed by atoms with van der Waals surface area (Å²) in [5.74, 6) is -1.00. The molecule has 1 aliphatic rings. The fraction of sp³-hybridized carbons (Fsp3) is 0.550. The van der Waals surface area contributed by atoms with Crippen molar-refractivity contribution in [2.75, 3.05) is 23.8 Å². The fourth-order valence-corrected chi connectivity index (χ4v) is 4.11. The summed E-state index contributed by atoms with van der Waals surface area (Å²) in [7, 11) is 0. The average Bonchev–Trinajstić information content (AvgIpc) is 2.76. The van der Waals surface area contributed by atoms with Crippen LogP contribution in [0.1, 0.15) is 33.6 Å². The molecule has 0 bridgehead atoms. The van der Waals surface area contributed by atoms with Crippen molar-refractivity contribution in [3.63, 3.8) is 0 Å². The lowest BCUT2D eigenvalue weighted by atomic mass is 10.0. The third-order valence-corrected chi connectivity index (χ3v) is 5.58. The number of nitrogens with one attached hydrogen (secondary N) is 1. The van der Waals surface area contributed by atoms with E-state index in [1.165, 1.54) is 16.7 Å². The number of amides is 1. The Kier molecular flexibility index (Phi) is 8.32. The van der Waals surface area contributed by atoms with Crippen molar-refractivity contribution < 1.29 is 24.2 Å². The first-order chi connectivity index (χ1) is 13.3. The van der Waals surface area contributed by atoms with Crippen LogP contribution in [-0.2, 0) is 19.1 Å². The standard InChI is InChI=1S/C20H28N2O5S/c1-4-27-20(26)14(10-9-13(2)3)21-15-12-28-17-8-6-5-7-16(17)22(19(15)25)11-18(23)24/h5-8,13-15,21H,4,9-12H2,1-3H3,(H,23,24)/t14?,15-/m0/s1. The molecule has 2 N–H and O–H groups in total. The largest absolute Gasteiger partial charge is 0.480 e. The topological polar surface area (TPSA) is 95.9 Å². The molecule has 8 heteroatoms. The van der Waals surface area contributed by atoms with Crippen LogP contribution in [0, 0.1) is 5.92 Å². The van der Waals surface area contributed by atoms with Gasteiger partial charge in [0.1, 0.15) is 12.6 Å². The molecule has 1 aliphatic heterocycles. The van der Waals surface area contributed by atoms with E-state index in [4.69, 9.17) is 4.74 Å². The average molecular weight is 409 g/mol. The lowest BCUT2D eigenvalue weighted by molar-refractivity contribution is -0.146.